The first-order valence-corrected chi connectivity index (χ1v) is 8.12. The van der Waals surface area contributed by atoms with Crippen LogP contribution in [-0.4, -0.2) is 6.61 Å². The summed E-state index contributed by atoms with van der Waals surface area (Å²) in [4.78, 5) is 0. The van der Waals surface area contributed by atoms with Crippen LogP contribution in [0.25, 0.3) is 0 Å². The van der Waals surface area contributed by atoms with E-state index >= 15 is 0 Å². The molecule has 0 N–H and O–H groups in total. The largest absolute Gasteiger partial charge is 0.377 e. The minimum Gasteiger partial charge on any atom is -0.377 e. The summed E-state index contributed by atoms with van der Waals surface area (Å²) in [7, 11) is 0. The summed E-state index contributed by atoms with van der Waals surface area (Å²) in [6.07, 6.45) is 9.71. The van der Waals surface area contributed by atoms with E-state index in [1.54, 1.807) is 0 Å². The van der Waals surface area contributed by atoms with Crippen LogP contribution < -0.4 is 0 Å². The van der Waals surface area contributed by atoms with Gasteiger partial charge in [0, 0.05) is 6.61 Å². The fourth-order valence-electron chi connectivity index (χ4n) is 3.01. The second-order valence-corrected chi connectivity index (χ2v) is 6.00. The maximum Gasteiger partial charge on any atom is 0.0716 e. The third-order valence-corrected chi connectivity index (χ3v) is 4.47. The summed E-state index contributed by atoms with van der Waals surface area (Å²) < 4.78 is 5.66. The summed E-state index contributed by atoms with van der Waals surface area (Å²) in [6, 6.07) is 9.08. The van der Waals surface area contributed by atoms with Gasteiger partial charge in [-0.05, 0) is 55.1 Å². The molecule has 1 aliphatic carbocycles. The van der Waals surface area contributed by atoms with Crippen molar-refractivity contribution < 1.29 is 4.74 Å². The van der Waals surface area contributed by atoms with E-state index < -0.39 is 0 Å². The van der Waals surface area contributed by atoms with Crippen LogP contribution in [-0.2, 0) is 11.3 Å². The van der Waals surface area contributed by atoms with Gasteiger partial charge in [-0.25, -0.2) is 0 Å². The SMILES string of the molecule is C=CC1CCC(c2ccc(COCCCC)cc2)CC1. The summed E-state index contributed by atoms with van der Waals surface area (Å²) in [5.74, 6) is 1.50. The van der Waals surface area contributed by atoms with Gasteiger partial charge in [0.15, 0.2) is 0 Å². The highest BCUT2D eigenvalue weighted by Crippen LogP contribution is 2.36. The van der Waals surface area contributed by atoms with E-state index in [4.69, 9.17) is 4.74 Å². The van der Waals surface area contributed by atoms with Gasteiger partial charge in [-0.3, -0.25) is 0 Å². The monoisotopic (exact) mass is 272 g/mol. The molecule has 1 heteroatoms. The van der Waals surface area contributed by atoms with E-state index in [-0.39, 0.29) is 0 Å². The predicted octanol–water partition coefficient (Wildman–Crippen LogP) is 5.46. The van der Waals surface area contributed by atoms with Crippen molar-refractivity contribution in [1.82, 2.24) is 0 Å². The second kappa shape index (κ2) is 8.26. The van der Waals surface area contributed by atoms with Crippen molar-refractivity contribution in [1.29, 1.82) is 0 Å². The van der Waals surface area contributed by atoms with Gasteiger partial charge in [-0.1, -0.05) is 43.7 Å². The van der Waals surface area contributed by atoms with Gasteiger partial charge in [-0.15, -0.1) is 6.58 Å². The van der Waals surface area contributed by atoms with Crippen LogP contribution in [0.3, 0.4) is 0 Å². The molecular formula is C19H28O. The molecule has 20 heavy (non-hydrogen) atoms. The Morgan fingerprint density at radius 2 is 1.85 bits per heavy atom. The van der Waals surface area contributed by atoms with E-state index in [1.807, 2.05) is 0 Å². The molecule has 1 nitrogen and oxygen atoms in total. The maximum absolute atomic E-state index is 5.66. The Morgan fingerprint density at radius 3 is 2.45 bits per heavy atom. The molecule has 0 saturated heterocycles. The Morgan fingerprint density at radius 1 is 1.15 bits per heavy atom. The van der Waals surface area contributed by atoms with Crippen LogP contribution in [0.2, 0.25) is 0 Å². The van der Waals surface area contributed by atoms with Gasteiger partial charge in [0.2, 0.25) is 0 Å². The quantitative estimate of drug-likeness (QED) is 0.473. The molecule has 0 radical (unpaired) electrons. The molecule has 1 saturated carbocycles. The molecule has 110 valence electrons. The van der Waals surface area contributed by atoms with Gasteiger partial charge >= 0.3 is 0 Å². The van der Waals surface area contributed by atoms with Crippen LogP contribution >= 0.6 is 0 Å². The zero-order valence-corrected chi connectivity index (χ0v) is 12.8. The molecule has 1 aromatic carbocycles. The molecule has 1 aliphatic rings. The number of benzene rings is 1. The van der Waals surface area contributed by atoms with Crippen LogP contribution in [0.4, 0.5) is 0 Å². The number of ether oxygens (including phenoxy) is 1. The van der Waals surface area contributed by atoms with Crippen molar-refractivity contribution in [3.05, 3.63) is 48.0 Å². The summed E-state index contributed by atoms with van der Waals surface area (Å²) in [5.41, 5.74) is 2.80. The topological polar surface area (TPSA) is 9.23 Å². The molecule has 0 aliphatic heterocycles. The van der Waals surface area contributed by atoms with Crippen molar-refractivity contribution in [2.75, 3.05) is 6.61 Å². The lowest BCUT2D eigenvalue weighted by atomic mass is 9.79. The van der Waals surface area contributed by atoms with E-state index in [2.05, 4.69) is 43.8 Å². The third kappa shape index (κ3) is 4.49. The van der Waals surface area contributed by atoms with Crippen molar-refractivity contribution >= 4 is 0 Å². The molecule has 0 bridgehead atoms. The van der Waals surface area contributed by atoms with Crippen molar-refractivity contribution in [3.63, 3.8) is 0 Å². The Labute approximate surface area is 124 Å². The maximum atomic E-state index is 5.66. The lowest BCUT2D eigenvalue weighted by molar-refractivity contribution is 0.118. The van der Waals surface area contributed by atoms with Crippen molar-refractivity contribution in [2.45, 2.75) is 58.0 Å². The zero-order chi connectivity index (χ0) is 14.2. The summed E-state index contributed by atoms with van der Waals surface area (Å²) >= 11 is 0. The normalized spacial score (nSPS) is 22.6. The van der Waals surface area contributed by atoms with Gasteiger partial charge in [0.25, 0.3) is 0 Å². The smallest absolute Gasteiger partial charge is 0.0716 e. The first kappa shape index (κ1) is 15.3. The number of allylic oxidation sites excluding steroid dienone is 1. The average molecular weight is 272 g/mol. The van der Waals surface area contributed by atoms with Crippen LogP contribution in [0.5, 0.6) is 0 Å². The first-order valence-electron chi connectivity index (χ1n) is 8.12. The molecular weight excluding hydrogens is 244 g/mol. The highest BCUT2D eigenvalue weighted by Gasteiger charge is 2.20. The Bertz CT molecular complexity index is 385. The van der Waals surface area contributed by atoms with Gasteiger partial charge in [-0.2, -0.15) is 0 Å². The number of rotatable bonds is 7. The van der Waals surface area contributed by atoms with Gasteiger partial charge in [0.1, 0.15) is 0 Å². The van der Waals surface area contributed by atoms with E-state index in [0.29, 0.717) is 0 Å². The zero-order valence-electron chi connectivity index (χ0n) is 12.8. The minimum absolute atomic E-state index is 0.748. The molecule has 0 heterocycles. The fraction of sp³-hybridized carbons (Fsp3) is 0.579. The number of hydrogen-bond acceptors (Lipinski definition) is 1. The van der Waals surface area contributed by atoms with Crippen LogP contribution in [0.1, 0.15) is 62.5 Å². The number of unbranched alkanes of at least 4 members (excludes halogenated alkanes) is 1. The molecule has 0 spiro atoms. The molecule has 2 rings (SSSR count). The molecule has 0 aromatic heterocycles. The lowest BCUT2D eigenvalue weighted by Gasteiger charge is -2.27. The molecule has 0 unspecified atom stereocenters. The highest BCUT2D eigenvalue weighted by atomic mass is 16.5. The standard InChI is InChI=1S/C19H28O/c1-3-5-14-20-15-17-8-12-19(13-9-17)18-10-6-16(4-2)7-11-18/h4,8-9,12-13,16,18H,2-3,5-7,10-11,14-15H2,1H3. The molecule has 0 amide bonds. The summed E-state index contributed by atoms with van der Waals surface area (Å²) in [5, 5.41) is 0. The average Bonchev–Trinajstić information content (AvgIpc) is 2.52. The molecule has 0 atom stereocenters. The van der Waals surface area contributed by atoms with E-state index in [9.17, 15) is 0 Å². The van der Waals surface area contributed by atoms with Gasteiger partial charge in [0.05, 0.1) is 6.61 Å². The second-order valence-electron chi connectivity index (χ2n) is 6.00. The fourth-order valence-corrected chi connectivity index (χ4v) is 3.01. The van der Waals surface area contributed by atoms with E-state index in [0.717, 1.165) is 31.5 Å². The van der Waals surface area contributed by atoms with E-state index in [1.165, 1.54) is 43.2 Å². The first-order chi connectivity index (χ1) is 9.83. The molecule has 1 aromatic rings. The Kier molecular flexibility index (Phi) is 6.32. The highest BCUT2D eigenvalue weighted by molar-refractivity contribution is 5.25. The van der Waals surface area contributed by atoms with Crippen LogP contribution in [0, 0.1) is 5.92 Å². The number of hydrogen-bond donors (Lipinski definition) is 0. The third-order valence-electron chi connectivity index (χ3n) is 4.47. The summed E-state index contributed by atoms with van der Waals surface area (Å²) in [6.45, 7) is 7.75. The van der Waals surface area contributed by atoms with Crippen LogP contribution in [0.15, 0.2) is 36.9 Å². The molecule has 1 fully saturated rings. The van der Waals surface area contributed by atoms with Crippen molar-refractivity contribution in [3.8, 4) is 0 Å². The minimum atomic E-state index is 0.748. The van der Waals surface area contributed by atoms with Crippen molar-refractivity contribution in [2.24, 2.45) is 5.92 Å². The van der Waals surface area contributed by atoms with Gasteiger partial charge < -0.3 is 4.74 Å². The lowest BCUT2D eigenvalue weighted by Crippen LogP contribution is -2.11. The predicted molar refractivity (Wildman–Crippen MR) is 85.9 cm³/mol. The Hall–Kier alpha value is -1.08. The Balaban J connectivity index is 1.81.